The summed E-state index contributed by atoms with van der Waals surface area (Å²) >= 11 is 0. The van der Waals surface area contributed by atoms with E-state index in [2.05, 4.69) is 12.1 Å². The predicted molar refractivity (Wildman–Crippen MR) is 142 cm³/mol. The van der Waals surface area contributed by atoms with Crippen molar-refractivity contribution in [3.05, 3.63) is 84.1 Å². The monoisotopic (exact) mass is 482 g/mol. The van der Waals surface area contributed by atoms with Crippen molar-refractivity contribution in [1.29, 1.82) is 0 Å². The lowest BCUT2D eigenvalue weighted by Gasteiger charge is -2.31. The van der Waals surface area contributed by atoms with Crippen molar-refractivity contribution < 1.29 is 9.59 Å². The molecule has 2 aromatic carbocycles. The predicted octanol–water partition coefficient (Wildman–Crippen LogP) is 4.86. The first kappa shape index (κ1) is 24.0. The molecule has 1 aromatic heterocycles. The quantitative estimate of drug-likeness (QED) is 0.452. The van der Waals surface area contributed by atoms with Gasteiger partial charge in [-0.25, -0.2) is 0 Å². The van der Waals surface area contributed by atoms with Gasteiger partial charge in [0.05, 0.1) is 12.2 Å². The molecule has 5 rings (SSSR count). The summed E-state index contributed by atoms with van der Waals surface area (Å²) in [6.07, 6.45) is 10.2. The Hall–Kier alpha value is -3.67. The van der Waals surface area contributed by atoms with Crippen LogP contribution < -0.4 is 0 Å². The fourth-order valence-corrected chi connectivity index (χ4v) is 5.20. The van der Waals surface area contributed by atoms with Gasteiger partial charge < -0.3 is 9.80 Å². The molecule has 2 aliphatic rings. The minimum absolute atomic E-state index is 0.0224. The number of hydrogen-bond donors (Lipinski definition) is 0. The van der Waals surface area contributed by atoms with Gasteiger partial charge in [0.2, 0.25) is 11.8 Å². The van der Waals surface area contributed by atoms with Crippen molar-refractivity contribution in [3.63, 3.8) is 0 Å². The van der Waals surface area contributed by atoms with Crippen molar-refractivity contribution in [1.82, 2.24) is 19.6 Å². The lowest BCUT2D eigenvalue weighted by atomic mass is 9.93. The van der Waals surface area contributed by atoms with E-state index >= 15 is 0 Å². The number of piperidine rings is 1. The highest BCUT2D eigenvalue weighted by Crippen LogP contribution is 2.25. The minimum Gasteiger partial charge on any atom is -0.343 e. The van der Waals surface area contributed by atoms with Crippen LogP contribution in [-0.4, -0.2) is 57.6 Å². The second-order valence-corrected chi connectivity index (χ2v) is 9.88. The molecule has 3 heterocycles. The Morgan fingerprint density at radius 3 is 2.22 bits per heavy atom. The molecule has 0 radical (unpaired) electrons. The minimum atomic E-state index is 0.0224. The first-order valence-corrected chi connectivity index (χ1v) is 13.1. The van der Waals surface area contributed by atoms with Gasteiger partial charge in [0.1, 0.15) is 0 Å². The van der Waals surface area contributed by atoms with Crippen LogP contribution in [0.3, 0.4) is 0 Å². The summed E-state index contributed by atoms with van der Waals surface area (Å²) in [5.74, 6) is 0.694. The van der Waals surface area contributed by atoms with E-state index in [-0.39, 0.29) is 11.8 Å². The van der Waals surface area contributed by atoms with Gasteiger partial charge in [-0.3, -0.25) is 14.3 Å². The summed E-state index contributed by atoms with van der Waals surface area (Å²) < 4.78 is 1.94. The Morgan fingerprint density at radius 1 is 0.861 bits per heavy atom. The molecule has 0 atom stereocenters. The van der Waals surface area contributed by atoms with Crippen LogP contribution in [0.4, 0.5) is 0 Å². The molecule has 0 unspecified atom stereocenters. The maximum absolute atomic E-state index is 13.0. The van der Waals surface area contributed by atoms with Gasteiger partial charge in [-0.1, -0.05) is 60.7 Å². The SMILES string of the molecule is O=C(/C=C/c1cn(Cc2ccccc2)nc1-c1ccccc1)N1CCC(CC(=O)N2CCCC2)CC1. The Morgan fingerprint density at radius 2 is 1.53 bits per heavy atom. The number of rotatable bonds is 7. The van der Waals surface area contributed by atoms with Crippen LogP contribution in [0, 0.1) is 5.92 Å². The van der Waals surface area contributed by atoms with Crippen LogP contribution in [0.1, 0.15) is 43.2 Å². The van der Waals surface area contributed by atoms with Crippen LogP contribution >= 0.6 is 0 Å². The summed E-state index contributed by atoms with van der Waals surface area (Å²) in [7, 11) is 0. The van der Waals surface area contributed by atoms with Gasteiger partial charge in [-0.2, -0.15) is 5.10 Å². The zero-order valence-corrected chi connectivity index (χ0v) is 20.8. The zero-order valence-electron chi connectivity index (χ0n) is 20.8. The molecule has 6 nitrogen and oxygen atoms in total. The average Bonchev–Trinajstić information content (AvgIpc) is 3.60. The zero-order chi connectivity index (χ0) is 24.7. The van der Waals surface area contributed by atoms with Gasteiger partial charge in [-0.05, 0) is 43.2 Å². The van der Waals surface area contributed by atoms with Gasteiger partial charge in [0, 0.05) is 56.0 Å². The molecule has 186 valence electrons. The molecule has 2 saturated heterocycles. The Labute approximate surface area is 213 Å². The third-order valence-corrected chi connectivity index (χ3v) is 7.28. The van der Waals surface area contributed by atoms with E-state index in [1.807, 2.05) is 75.3 Å². The number of amides is 2. The number of hydrogen-bond acceptors (Lipinski definition) is 3. The topological polar surface area (TPSA) is 58.4 Å². The van der Waals surface area contributed by atoms with E-state index in [1.165, 1.54) is 5.56 Å². The number of carbonyl (C=O) groups excluding carboxylic acids is 2. The molecule has 0 N–H and O–H groups in total. The molecule has 2 fully saturated rings. The number of carbonyl (C=O) groups is 2. The average molecular weight is 483 g/mol. The molecular formula is C30H34N4O2. The van der Waals surface area contributed by atoms with E-state index < -0.39 is 0 Å². The molecule has 0 aliphatic carbocycles. The van der Waals surface area contributed by atoms with Gasteiger partial charge in [-0.15, -0.1) is 0 Å². The normalized spacial score (nSPS) is 16.7. The third kappa shape index (κ3) is 5.93. The maximum atomic E-state index is 13.0. The van der Waals surface area contributed by atoms with Crippen molar-refractivity contribution in [2.45, 2.75) is 38.6 Å². The van der Waals surface area contributed by atoms with Crippen molar-refractivity contribution >= 4 is 17.9 Å². The molecule has 2 amide bonds. The van der Waals surface area contributed by atoms with Crippen LogP contribution in [-0.2, 0) is 16.1 Å². The standard InChI is InChI=1S/C30H34N4O2/c35-28(33-19-15-24(16-20-33)21-29(36)32-17-7-8-18-32)14-13-27-23-34(22-25-9-3-1-4-10-25)31-30(27)26-11-5-2-6-12-26/h1-6,9-14,23-24H,7-8,15-22H2/b14-13+. The highest BCUT2D eigenvalue weighted by Gasteiger charge is 2.26. The van der Waals surface area contributed by atoms with Crippen LogP contribution in [0.5, 0.6) is 0 Å². The lowest BCUT2D eigenvalue weighted by molar-refractivity contribution is -0.131. The first-order chi connectivity index (χ1) is 17.7. The van der Waals surface area contributed by atoms with Crippen LogP contribution in [0.15, 0.2) is 72.9 Å². The van der Waals surface area contributed by atoms with E-state index in [4.69, 9.17) is 5.10 Å². The van der Waals surface area contributed by atoms with Crippen molar-refractivity contribution in [2.24, 2.45) is 5.92 Å². The molecule has 6 heteroatoms. The second-order valence-electron chi connectivity index (χ2n) is 9.88. The summed E-state index contributed by atoms with van der Waals surface area (Å²) in [4.78, 5) is 29.4. The molecule has 0 saturated carbocycles. The van der Waals surface area contributed by atoms with Crippen molar-refractivity contribution in [3.8, 4) is 11.3 Å². The Balaban J connectivity index is 1.23. The van der Waals surface area contributed by atoms with E-state index in [9.17, 15) is 9.59 Å². The highest BCUT2D eigenvalue weighted by molar-refractivity contribution is 5.93. The Bertz CT molecular complexity index is 1190. The maximum Gasteiger partial charge on any atom is 0.246 e. The summed E-state index contributed by atoms with van der Waals surface area (Å²) in [6.45, 7) is 3.91. The van der Waals surface area contributed by atoms with Gasteiger partial charge in [0.25, 0.3) is 0 Å². The van der Waals surface area contributed by atoms with E-state index in [0.29, 0.717) is 32.0 Å². The highest BCUT2D eigenvalue weighted by atomic mass is 16.2. The molecule has 3 aromatic rings. The number of benzene rings is 2. The summed E-state index contributed by atoms with van der Waals surface area (Å²) in [5.41, 5.74) is 4.00. The second kappa shape index (κ2) is 11.4. The first-order valence-electron chi connectivity index (χ1n) is 13.1. The number of nitrogens with zero attached hydrogens (tertiary/aromatic N) is 4. The molecular weight excluding hydrogens is 448 g/mol. The molecule has 0 bridgehead atoms. The van der Waals surface area contributed by atoms with Gasteiger partial charge in [0.15, 0.2) is 0 Å². The van der Waals surface area contributed by atoms with E-state index in [1.54, 1.807) is 6.08 Å². The molecule has 2 aliphatic heterocycles. The fraction of sp³-hybridized carbons (Fsp3) is 0.367. The van der Waals surface area contributed by atoms with Crippen LogP contribution in [0.25, 0.3) is 17.3 Å². The van der Waals surface area contributed by atoms with Crippen molar-refractivity contribution in [2.75, 3.05) is 26.2 Å². The largest absolute Gasteiger partial charge is 0.343 e. The molecule has 36 heavy (non-hydrogen) atoms. The number of likely N-dealkylation sites (tertiary alicyclic amines) is 2. The Kier molecular flexibility index (Phi) is 7.60. The smallest absolute Gasteiger partial charge is 0.246 e. The third-order valence-electron chi connectivity index (χ3n) is 7.28. The summed E-state index contributed by atoms with van der Waals surface area (Å²) in [6, 6.07) is 20.3. The molecule has 0 spiro atoms. The van der Waals surface area contributed by atoms with Gasteiger partial charge >= 0.3 is 0 Å². The fourth-order valence-electron chi connectivity index (χ4n) is 5.20. The van der Waals surface area contributed by atoms with E-state index in [0.717, 1.165) is 55.6 Å². The lowest BCUT2D eigenvalue weighted by Crippen LogP contribution is -2.39. The van der Waals surface area contributed by atoms with Crippen LogP contribution in [0.2, 0.25) is 0 Å². The number of aromatic nitrogens is 2. The summed E-state index contributed by atoms with van der Waals surface area (Å²) in [5, 5.41) is 4.84.